The van der Waals surface area contributed by atoms with Crippen molar-refractivity contribution in [2.24, 2.45) is 7.05 Å². The van der Waals surface area contributed by atoms with E-state index in [1.54, 1.807) is 0 Å². The Morgan fingerprint density at radius 1 is 1.07 bits per heavy atom. The monoisotopic (exact) mass is 403 g/mol. The number of para-hydroxylation sites is 2. The van der Waals surface area contributed by atoms with Crippen LogP contribution in [-0.4, -0.2) is 25.6 Å². The minimum atomic E-state index is -0.176. The molecule has 1 amide bonds. The largest absolute Gasteiger partial charge is 0.339 e. The fourth-order valence-electron chi connectivity index (χ4n) is 3.21. The van der Waals surface area contributed by atoms with Gasteiger partial charge in [-0.15, -0.1) is 0 Å². The van der Waals surface area contributed by atoms with Gasteiger partial charge in [-0.3, -0.25) is 4.79 Å². The van der Waals surface area contributed by atoms with E-state index in [4.69, 9.17) is 9.51 Å². The molecule has 0 atom stereocenters. The molecule has 2 heterocycles. The third kappa shape index (κ3) is 4.10. The fraction of sp³-hybridized carbons (Fsp3) is 0.304. The zero-order valence-corrected chi connectivity index (χ0v) is 17.6. The summed E-state index contributed by atoms with van der Waals surface area (Å²) in [5.41, 5.74) is 3.60. The van der Waals surface area contributed by atoms with E-state index < -0.39 is 0 Å². The first-order valence-corrected chi connectivity index (χ1v) is 9.96. The van der Waals surface area contributed by atoms with Gasteiger partial charge in [0.15, 0.2) is 5.82 Å². The molecule has 4 aromatic rings. The summed E-state index contributed by atoms with van der Waals surface area (Å²) in [6.45, 7) is 6.06. The maximum Gasteiger partial charge on any atom is 0.227 e. The van der Waals surface area contributed by atoms with E-state index in [9.17, 15) is 4.79 Å². The average Bonchev–Trinajstić information content (AvgIpc) is 3.32. The van der Waals surface area contributed by atoms with Crippen molar-refractivity contribution in [1.29, 1.82) is 0 Å². The predicted octanol–water partition coefficient (Wildman–Crippen LogP) is 4.49. The fourth-order valence-corrected chi connectivity index (χ4v) is 3.21. The Hall–Kier alpha value is -3.48. The number of anilines is 1. The number of nitrogens with zero attached hydrogens (tertiary/aromatic N) is 4. The zero-order valence-electron chi connectivity index (χ0n) is 17.6. The number of imidazole rings is 1. The smallest absolute Gasteiger partial charge is 0.227 e. The first kappa shape index (κ1) is 19.8. The van der Waals surface area contributed by atoms with Gasteiger partial charge in [0, 0.05) is 36.6 Å². The first-order chi connectivity index (χ1) is 14.3. The van der Waals surface area contributed by atoms with Gasteiger partial charge in [0.1, 0.15) is 5.82 Å². The standard InChI is InChI=1S/C23H25N5O2/c1-23(2,3)22-26-20(30-27-22)14-13-19(29)24-16-11-9-15(10-12-16)21-25-17-7-5-6-8-18(17)28(21)4/h5-12H,13-14H2,1-4H3,(H,24,29). The molecule has 7 heteroatoms. The highest BCUT2D eigenvalue weighted by molar-refractivity contribution is 5.91. The number of fused-ring (bicyclic) bond motifs is 1. The summed E-state index contributed by atoms with van der Waals surface area (Å²) in [6, 6.07) is 15.7. The lowest BCUT2D eigenvalue weighted by Crippen LogP contribution is -2.14. The van der Waals surface area contributed by atoms with Crippen LogP contribution < -0.4 is 5.32 Å². The van der Waals surface area contributed by atoms with Crippen molar-refractivity contribution < 1.29 is 9.32 Å². The van der Waals surface area contributed by atoms with E-state index in [1.165, 1.54) is 0 Å². The molecular formula is C23H25N5O2. The van der Waals surface area contributed by atoms with Crippen LogP contribution in [0.2, 0.25) is 0 Å². The van der Waals surface area contributed by atoms with Gasteiger partial charge in [-0.1, -0.05) is 38.1 Å². The lowest BCUT2D eigenvalue weighted by molar-refractivity contribution is -0.116. The average molecular weight is 403 g/mol. The van der Waals surface area contributed by atoms with Crippen molar-refractivity contribution in [2.75, 3.05) is 5.32 Å². The molecule has 7 nitrogen and oxygen atoms in total. The van der Waals surface area contributed by atoms with E-state index in [0.29, 0.717) is 18.1 Å². The predicted molar refractivity (Wildman–Crippen MR) is 116 cm³/mol. The van der Waals surface area contributed by atoms with Crippen LogP contribution in [0.25, 0.3) is 22.4 Å². The van der Waals surface area contributed by atoms with Crippen molar-refractivity contribution in [3.63, 3.8) is 0 Å². The van der Waals surface area contributed by atoms with Crippen LogP contribution in [0.5, 0.6) is 0 Å². The molecule has 2 aromatic carbocycles. The zero-order chi connectivity index (χ0) is 21.3. The van der Waals surface area contributed by atoms with Crippen molar-refractivity contribution in [3.8, 4) is 11.4 Å². The highest BCUT2D eigenvalue weighted by Gasteiger charge is 2.21. The second kappa shape index (κ2) is 7.74. The van der Waals surface area contributed by atoms with Crippen LogP contribution in [0.3, 0.4) is 0 Å². The van der Waals surface area contributed by atoms with Crippen LogP contribution in [0.15, 0.2) is 53.1 Å². The molecule has 0 fully saturated rings. The summed E-state index contributed by atoms with van der Waals surface area (Å²) >= 11 is 0. The summed E-state index contributed by atoms with van der Waals surface area (Å²) in [4.78, 5) is 21.4. The van der Waals surface area contributed by atoms with Gasteiger partial charge in [0.25, 0.3) is 0 Å². The van der Waals surface area contributed by atoms with Gasteiger partial charge in [0.2, 0.25) is 11.8 Å². The van der Waals surface area contributed by atoms with Gasteiger partial charge < -0.3 is 14.4 Å². The second-order valence-electron chi connectivity index (χ2n) is 8.37. The maximum absolute atomic E-state index is 12.3. The molecule has 0 aliphatic rings. The molecule has 4 rings (SSSR count). The minimum absolute atomic E-state index is 0.0963. The molecule has 0 aliphatic heterocycles. The number of aryl methyl sites for hydroxylation is 2. The molecular weight excluding hydrogens is 378 g/mol. The Kier molecular flexibility index (Phi) is 5.11. The lowest BCUT2D eigenvalue weighted by atomic mass is 9.96. The lowest BCUT2D eigenvalue weighted by Gasteiger charge is -2.10. The highest BCUT2D eigenvalue weighted by Crippen LogP contribution is 2.25. The Morgan fingerprint density at radius 2 is 1.80 bits per heavy atom. The van der Waals surface area contributed by atoms with Crippen LogP contribution in [0, 0.1) is 0 Å². The Labute approximate surface area is 175 Å². The number of hydrogen-bond donors (Lipinski definition) is 1. The molecule has 2 aromatic heterocycles. The molecule has 0 radical (unpaired) electrons. The molecule has 0 saturated heterocycles. The van der Waals surface area contributed by atoms with Crippen molar-refractivity contribution >= 4 is 22.6 Å². The quantitative estimate of drug-likeness (QED) is 0.530. The second-order valence-corrected chi connectivity index (χ2v) is 8.37. The molecule has 30 heavy (non-hydrogen) atoms. The number of carbonyl (C=O) groups is 1. The van der Waals surface area contributed by atoms with Crippen molar-refractivity contribution in [3.05, 3.63) is 60.2 Å². The topological polar surface area (TPSA) is 85.8 Å². The van der Waals surface area contributed by atoms with Crippen LogP contribution in [0.1, 0.15) is 38.9 Å². The number of hydrogen-bond acceptors (Lipinski definition) is 5. The Bertz CT molecular complexity index is 1180. The van der Waals surface area contributed by atoms with E-state index in [1.807, 2.05) is 76.3 Å². The summed E-state index contributed by atoms with van der Waals surface area (Å²) in [6.07, 6.45) is 0.686. The van der Waals surface area contributed by atoms with Gasteiger partial charge in [0.05, 0.1) is 11.0 Å². The molecule has 0 saturated carbocycles. The number of benzene rings is 2. The highest BCUT2D eigenvalue weighted by atomic mass is 16.5. The van der Waals surface area contributed by atoms with E-state index >= 15 is 0 Å². The minimum Gasteiger partial charge on any atom is -0.339 e. The first-order valence-electron chi connectivity index (χ1n) is 9.96. The van der Waals surface area contributed by atoms with Gasteiger partial charge in [-0.05, 0) is 36.4 Å². The van der Waals surface area contributed by atoms with Gasteiger partial charge >= 0.3 is 0 Å². The number of amides is 1. The summed E-state index contributed by atoms with van der Waals surface area (Å²) in [7, 11) is 2.00. The summed E-state index contributed by atoms with van der Waals surface area (Å²) in [5.74, 6) is 1.92. The molecule has 0 unspecified atom stereocenters. The molecule has 0 bridgehead atoms. The molecule has 1 N–H and O–H groups in total. The van der Waals surface area contributed by atoms with Crippen LogP contribution >= 0.6 is 0 Å². The summed E-state index contributed by atoms with van der Waals surface area (Å²) in [5, 5.41) is 6.90. The van der Waals surface area contributed by atoms with Crippen molar-refractivity contribution in [1.82, 2.24) is 19.7 Å². The third-order valence-corrected chi connectivity index (χ3v) is 4.92. The SMILES string of the molecule is Cn1c(-c2ccc(NC(=O)CCc3nc(C(C)(C)C)no3)cc2)nc2ccccc21. The van der Waals surface area contributed by atoms with Crippen LogP contribution in [0.4, 0.5) is 5.69 Å². The normalized spacial score (nSPS) is 11.7. The third-order valence-electron chi connectivity index (χ3n) is 4.92. The Morgan fingerprint density at radius 3 is 2.47 bits per heavy atom. The molecule has 154 valence electrons. The van der Waals surface area contributed by atoms with E-state index in [-0.39, 0.29) is 17.7 Å². The molecule has 0 aliphatic carbocycles. The number of nitrogens with one attached hydrogen (secondary N) is 1. The van der Waals surface area contributed by atoms with Gasteiger partial charge in [-0.25, -0.2) is 4.98 Å². The number of rotatable bonds is 5. The van der Waals surface area contributed by atoms with Crippen LogP contribution in [-0.2, 0) is 23.7 Å². The number of aromatic nitrogens is 4. The van der Waals surface area contributed by atoms with E-state index in [0.717, 1.165) is 28.1 Å². The summed E-state index contributed by atoms with van der Waals surface area (Å²) < 4.78 is 7.31. The van der Waals surface area contributed by atoms with Crippen molar-refractivity contribution in [2.45, 2.75) is 39.0 Å². The Balaban J connectivity index is 1.39. The van der Waals surface area contributed by atoms with E-state index in [2.05, 4.69) is 20.0 Å². The number of carbonyl (C=O) groups excluding carboxylic acids is 1. The van der Waals surface area contributed by atoms with Gasteiger partial charge in [-0.2, -0.15) is 4.98 Å². The maximum atomic E-state index is 12.3. The molecule has 0 spiro atoms.